The number of amides is 2. The van der Waals surface area contributed by atoms with Gasteiger partial charge in [-0.25, -0.2) is 0 Å². The summed E-state index contributed by atoms with van der Waals surface area (Å²) < 4.78 is 0. The van der Waals surface area contributed by atoms with Crippen LogP contribution >= 0.6 is 0 Å². The molecule has 0 bridgehead atoms. The largest absolute Gasteiger partial charge is 0.345 e. The van der Waals surface area contributed by atoms with Crippen molar-refractivity contribution in [3.63, 3.8) is 0 Å². The highest BCUT2D eigenvalue weighted by atomic mass is 16.2. The van der Waals surface area contributed by atoms with Crippen LogP contribution in [0.25, 0.3) is 0 Å². The van der Waals surface area contributed by atoms with Gasteiger partial charge in [0.2, 0.25) is 5.91 Å². The third-order valence-electron chi connectivity index (χ3n) is 5.06. The van der Waals surface area contributed by atoms with Gasteiger partial charge in [0.15, 0.2) is 0 Å². The summed E-state index contributed by atoms with van der Waals surface area (Å²) in [6, 6.07) is 18.5. The maximum atomic E-state index is 12.8. The summed E-state index contributed by atoms with van der Waals surface area (Å²) in [5.74, 6) is 0.639. The molecule has 1 aliphatic heterocycles. The number of carbonyl (C=O) groups excluding carboxylic acids is 2. The molecule has 1 saturated heterocycles. The second kappa shape index (κ2) is 8.65. The molecule has 26 heavy (non-hydrogen) atoms. The van der Waals surface area contributed by atoms with Crippen molar-refractivity contribution in [1.29, 1.82) is 0 Å². The van der Waals surface area contributed by atoms with E-state index in [4.69, 9.17) is 0 Å². The van der Waals surface area contributed by atoms with Crippen LogP contribution in [0, 0.1) is 5.92 Å². The molecule has 2 aromatic rings. The molecule has 136 valence electrons. The molecule has 0 unspecified atom stereocenters. The van der Waals surface area contributed by atoms with Crippen LogP contribution in [0.1, 0.15) is 48.1 Å². The molecule has 1 atom stereocenters. The van der Waals surface area contributed by atoms with E-state index in [1.807, 2.05) is 53.4 Å². The van der Waals surface area contributed by atoms with Gasteiger partial charge in [-0.3, -0.25) is 9.59 Å². The third kappa shape index (κ3) is 4.72. The van der Waals surface area contributed by atoms with Gasteiger partial charge in [0.25, 0.3) is 5.91 Å². The van der Waals surface area contributed by atoms with E-state index in [1.54, 1.807) is 12.1 Å². The lowest BCUT2D eigenvalue weighted by atomic mass is 9.97. The molecule has 3 rings (SSSR count). The normalized spacial score (nSPS) is 16.1. The van der Waals surface area contributed by atoms with Crippen molar-refractivity contribution >= 4 is 11.8 Å². The minimum atomic E-state index is -0.323. The topological polar surface area (TPSA) is 49.4 Å². The third-order valence-corrected chi connectivity index (χ3v) is 5.06. The Hall–Kier alpha value is -2.62. The molecule has 4 heteroatoms. The van der Waals surface area contributed by atoms with Gasteiger partial charge in [0.1, 0.15) is 0 Å². The predicted molar refractivity (Wildman–Crippen MR) is 103 cm³/mol. The Morgan fingerprint density at radius 2 is 1.58 bits per heavy atom. The minimum absolute atomic E-state index is 0.110. The quantitative estimate of drug-likeness (QED) is 0.891. The van der Waals surface area contributed by atoms with Crippen LogP contribution in [0.5, 0.6) is 0 Å². The van der Waals surface area contributed by atoms with Crippen molar-refractivity contribution in [3.05, 3.63) is 71.8 Å². The molecule has 4 nitrogen and oxygen atoms in total. The molecule has 2 amide bonds. The molecule has 1 aliphatic rings. The van der Waals surface area contributed by atoms with E-state index in [9.17, 15) is 9.59 Å². The van der Waals surface area contributed by atoms with Gasteiger partial charge in [0, 0.05) is 18.7 Å². The van der Waals surface area contributed by atoms with Gasteiger partial charge in [-0.15, -0.1) is 0 Å². The van der Waals surface area contributed by atoms with Gasteiger partial charge in [-0.05, 0) is 36.5 Å². The van der Waals surface area contributed by atoms with Gasteiger partial charge in [0.05, 0.1) is 12.5 Å². The Kier molecular flexibility index (Phi) is 6.05. The Morgan fingerprint density at radius 1 is 1.00 bits per heavy atom. The number of carbonyl (C=O) groups is 2. The number of piperidine rings is 1. The molecule has 0 spiro atoms. The van der Waals surface area contributed by atoms with Crippen molar-refractivity contribution in [2.24, 2.45) is 5.92 Å². The lowest BCUT2D eigenvalue weighted by molar-refractivity contribution is -0.133. The molecule has 1 N–H and O–H groups in total. The first kappa shape index (κ1) is 18.2. The van der Waals surface area contributed by atoms with Crippen LogP contribution in [0.2, 0.25) is 0 Å². The number of rotatable bonds is 5. The Labute approximate surface area is 155 Å². The first-order chi connectivity index (χ1) is 12.6. The SMILES string of the molecule is CC1CCN(C(=O)C[C@@H](NC(=O)c2ccccc2)c2ccccc2)CC1. The average molecular weight is 350 g/mol. The monoisotopic (exact) mass is 350 g/mol. The van der Waals surface area contributed by atoms with E-state index in [-0.39, 0.29) is 24.3 Å². The highest BCUT2D eigenvalue weighted by Gasteiger charge is 2.25. The van der Waals surface area contributed by atoms with Crippen LogP contribution in [0.3, 0.4) is 0 Å². The second-order valence-electron chi connectivity index (χ2n) is 7.07. The fraction of sp³-hybridized carbons (Fsp3) is 0.364. The summed E-state index contributed by atoms with van der Waals surface area (Å²) in [7, 11) is 0. The van der Waals surface area contributed by atoms with Crippen molar-refractivity contribution in [2.45, 2.75) is 32.2 Å². The summed E-state index contributed by atoms with van der Waals surface area (Å²) in [6.45, 7) is 3.86. The Morgan fingerprint density at radius 3 is 2.19 bits per heavy atom. The summed E-state index contributed by atoms with van der Waals surface area (Å²) in [5, 5.41) is 3.04. The summed E-state index contributed by atoms with van der Waals surface area (Å²) in [6.07, 6.45) is 2.40. The molecule has 1 heterocycles. The Balaban J connectivity index is 1.72. The average Bonchev–Trinajstić information content (AvgIpc) is 2.69. The van der Waals surface area contributed by atoms with Crippen molar-refractivity contribution in [2.75, 3.05) is 13.1 Å². The molecular formula is C22H26N2O2. The zero-order valence-electron chi connectivity index (χ0n) is 15.2. The molecule has 1 fully saturated rings. The predicted octanol–water partition coefficient (Wildman–Crippen LogP) is 3.81. The summed E-state index contributed by atoms with van der Waals surface area (Å²) in [4.78, 5) is 27.3. The highest BCUT2D eigenvalue weighted by molar-refractivity contribution is 5.94. The zero-order chi connectivity index (χ0) is 18.4. The first-order valence-corrected chi connectivity index (χ1v) is 9.32. The van der Waals surface area contributed by atoms with Crippen LogP contribution in [0.4, 0.5) is 0 Å². The number of nitrogens with zero attached hydrogens (tertiary/aromatic N) is 1. The molecule has 0 aliphatic carbocycles. The number of hydrogen-bond donors (Lipinski definition) is 1. The first-order valence-electron chi connectivity index (χ1n) is 9.32. The summed E-state index contributed by atoms with van der Waals surface area (Å²) >= 11 is 0. The lowest BCUT2D eigenvalue weighted by Gasteiger charge is -2.31. The van der Waals surface area contributed by atoms with Gasteiger partial charge in [-0.1, -0.05) is 55.5 Å². The fourth-order valence-electron chi connectivity index (χ4n) is 3.33. The number of hydrogen-bond acceptors (Lipinski definition) is 2. The van der Waals surface area contributed by atoms with E-state index < -0.39 is 0 Å². The van der Waals surface area contributed by atoms with E-state index in [0.29, 0.717) is 11.5 Å². The van der Waals surface area contributed by atoms with Gasteiger partial charge >= 0.3 is 0 Å². The molecule has 0 radical (unpaired) electrons. The standard InChI is InChI=1S/C22H26N2O2/c1-17-12-14-24(15-13-17)21(25)16-20(18-8-4-2-5-9-18)23-22(26)19-10-6-3-7-11-19/h2-11,17,20H,12-16H2,1H3,(H,23,26)/t20-/m1/s1. The van der Waals surface area contributed by atoms with E-state index in [1.165, 1.54) is 0 Å². The highest BCUT2D eigenvalue weighted by Crippen LogP contribution is 2.22. The van der Waals surface area contributed by atoms with Crippen LogP contribution in [-0.2, 0) is 4.79 Å². The van der Waals surface area contributed by atoms with Crippen molar-refractivity contribution in [3.8, 4) is 0 Å². The number of nitrogens with one attached hydrogen (secondary N) is 1. The molecule has 2 aromatic carbocycles. The fourth-order valence-corrected chi connectivity index (χ4v) is 3.33. The summed E-state index contributed by atoms with van der Waals surface area (Å²) in [5.41, 5.74) is 1.56. The Bertz CT molecular complexity index is 722. The lowest BCUT2D eigenvalue weighted by Crippen LogP contribution is -2.40. The smallest absolute Gasteiger partial charge is 0.251 e. The maximum Gasteiger partial charge on any atom is 0.251 e. The molecule has 0 aromatic heterocycles. The van der Waals surface area contributed by atoms with Crippen LogP contribution in [0.15, 0.2) is 60.7 Å². The van der Waals surface area contributed by atoms with Gasteiger partial charge < -0.3 is 10.2 Å². The molecule has 0 saturated carbocycles. The van der Waals surface area contributed by atoms with Crippen LogP contribution in [-0.4, -0.2) is 29.8 Å². The molecular weight excluding hydrogens is 324 g/mol. The van der Waals surface area contributed by atoms with E-state index >= 15 is 0 Å². The number of likely N-dealkylation sites (tertiary alicyclic amines) is 1. The van der Waals surface area contributed by atoms with Crippen molar-refractivity contribution < 1.29 is 9.59 Å². The minimum Gasteiger partial charge on any atom is -0.345 e. The van der Waals surface area contributed by atoms with E-state index in [0.717, 1.165) is 31.5 Å². The zero-order valence-corrected chi connectivity index (χ0v) is 15.2. The van der Waals surface area contributed by atoms with Crippen LogP contribution < -0.4 is 5.32 Å². The van der Waals surface area contributed by atoms with Crippen molar-refractivity contribution in [1.82, 2.24) is 10.2 Å². The van der Waals surface area contributed by atoms with E-state index in [2.05, 4.69) is 12.2 Å². The second-order valence-corrected chi connectivity index (χ2v) is 7.07. The van der Waals surface area contributed by atoms with Gasteiger partial charge in [-0.2, -0.15) is 0 Å². The maximum absolute atomic E-state index is 12.8. The number of benzene rings is 2.